The Morgan fingerprint density at radius 2 is 1.77 bits per heavy atom. The Balaban J connectivity index is 1.21. The van der Waals surface area contributed by atoms with E-state index < -0.39 is 33.3 Å². The van der Waals surface area contributed by atoms with Gasteiger partial charge in [-0.1, -0.05) is 11.6 Å². The van der Waals surface area contributed by atoms with Crippen LogP contribution in [0.5, 0.6) is 5.75 Å². The van der Waals surface area contributed by atoms with Crippen LogP contribution in [0.25, 0.3) is 0 Å². The molecular formula is C27H31ClF2N4O5S. The summed E-state index contributed by atoms with van der Waals surface area (Å²) in [4.78, 5) is 32.1. The molecule has 2 aliphatic heterocycles. The third-order valence-electron chi connectivity index (χ3n) is 7.69. The van der Waals surface area contributed by atoms with Crippen LogP contribution in [-0.2, 0) is 14.6 Å². The van der Waals surface area contributed by atoms with Crippen LogP contribution in [-0.4, -0.2) is 67.2 Å². The Hall–Kier alpha value is -2.99. The first-order valence-electron chi connectivity index (χ1n) is 13.1. The summed E-state index contributed by atoms with van der Waals surface area (Å²) in [5.41, 5.74) is -1.13. The molecule has 5 rings (SSSR count). The first kappa shape index (κ1) is 28.5. The molecule has 2 saturated heterocycles. The van der Waals surface area contributed by atoms with E-state index >= 15 is 0 Å². The van der Waals surface area contributed by atoms with Gasteiger partial charge in [0, 0.05) is 42.0 Å². The van der Waals surface area contributed by atoms with Crippen molar-refractivity contribution in [3.8, 4) is 5.75 Å². The van der Waals surface area contributed by atoms with Crippen LogP contribution in [0.1, 0.15) is 56.3 Å². The minimum absolute atomic E-state index is 0.0518. The summed E-state index contributed by atoms with van der Waals surface area (Å²) in [6, 6.07) is 6.58. The molecule has 40 heavy (non-hydrogen) atoms. The highest BCUT2D eigenvalue weighted by atomic mass is 35.5. The lowest BCUT2D eigenvalue weighted by molar-refractivity contribution is -0.135. The molecule has 2 N–H and O–H groups in total. The van der Waals surface area contributed by atoms with Gasteiger partial charge >= 0.3 is 0 Å². The maximum Gasteiger partial charge on any atom is 0.270 e. The lowest BCUT2D eigenvalue weighted by Crippen LogP contribution is -2.55. The Bertz CT molecular complexity index is 1420. The van der Waals surface area contributed by atoms with E-state index in [1.54, 1.807) is 26.0 Å². The molecule has 3 fully saturated rings. The monoisotopic (exact) mass is 596 g/mol. The molecule has 3 heterocycles. The number of ether oxygens (including phenoxy) is 1. The molecule has 0 radical (unpaired) electrons. The second-order valence-electron chi connectivity index (χ2n) is 11.3. The number of hydrogen-bond donors (Lipinski definition) is 2. The number of piperidine rings is 1. The molecule has 2 bridgehead atoms. The van der Waals surface area contributed by atoms with Crippen molar-refractivity contribution in [3.63, 3.8) is 0 Å². The van der Waals surface area contributed by atoms with Gasteiger partial charge in [-0.25, -0.2) is 22.2 Å². The molecule has 0 spiro atoms. The van der Waals surface area contributed by atoms with Crippen molar-refractivity contribution < 1.29 is 31.5 Å². The van der Waals surface area contributed by atoms with Crippen molar-refractivity contribution in [3.05, 3.63) is 47.1 Å². The fraction of sp³-hybridized carbons (Fsp3) is 0.519. The van der Waals surface area contributed by atoms with Crippen LogP contribution in [0.15, 0.2) is 41.4 Å². The molecule has 2 aromatic rings. The summed E-state index contributed by atoms with van der Waals surface area (Å²) < 4.78 is 56.6. The van der Waals surface area contributed by atoms with Gasteiger partial charge in [-0.2, -0.15) is 0 Å². The molecule has 9 nitrogen and oxygen atoms in total. The highest BCUT2D eigenvalue weighted by Gasteiger charge is 2.58. The van der Waals surface area contributed by atoms with E-state index in [1.165, 1.54) is 24.4 Å². The minimum atomic E-state index is -3.64. The molecule has 1 aromatic carbocycles. The van der Waals surface area contributed by atoms with Gasteiger partial charge in [-0.05, 0) is 69.9 Å². The standard InChI is InChI=1S/C27H31ClF2N4O5S/c1-26(2,39-20-8-5-16(28)10-21(20)40(3,37)38)25(36)32-17-11-18-6-7-19(12-17)34(18)23-9-4-15(14-31-23)24(35)33-22-13-27(22,29)30/h4-5,8-10,14,17-19,22H,6-7,11-13H2,1-3H3,(H,32,36)(H,33,35)/t17-,18+,19-,22?. The second kappa shape index (κ2) is 10.1. The predicted octanol–water partition coefficient (Wildman–Crippen LogP) is 3.75. The number of halogens is 3. The van der Waals surface area contributed by atoms with Crippen molar-refractivity contribution in [2.45, 2.75) is 86.5 Å². The molecule has 1 aliphatic carbocycles. The molecular weight excluding hydrogens is 566 g/mol. The van der Waals surface area contributed by atoms with E-state index in [0.717, 1.165) is 19.1 Å². The van der Waals surface area contributed by atoms with Gasteiger partial charge in [0.2, 0.25) is 0 Å². The molecule has 1 aromatic heterocycles. The van der Waals surface area contributed by atoms with E-state index in [2.05, 4.69) is 20.5 Å². The number of carbonyl (C=O) groups is 2. The minimum Gasteiger partial charge on any atom is -0.477 e. The molecule has 216 valence electrons. The van der Waals surface area contributed by atoms with Crippen LogP contribution in [0.4, 0.5) is 14.6 Å². The molecule has 13 heteroatoms. The number of benzene rings is 1. The summed E-state index contributed by atoms with van der Waals surface area (Å²) >= 11 is 5.98. The number of amides is 2. The van der Waals surface area contributed by atoms with Gasteiger partial charge in [0.1, 0.15) is 16.5 Å². The number of aromatic nitrogens is 1. The van der Waals surface area contributed by atoms with Crippen molar-refractivity contribution in [2.75, 3.05) is 11.2 Å². The molecule has 2 amide bonds. The lowest BCUT2D eigenvalue weighted by Gasteiger charge is -2.41. The zero-order valence-electron chi connectivity index (χ0n) is 22.3. The van der Waals surface area contributed by atoms with E-state index in [1.807, 2.05) is 0 Å². The van der Waals surface area contributed by atoms with Gasteiger partial charge in [0.25, 0.3) is 17.7 Å². The van der Waals surface area contributed by atoms with Crippen LogP contribution in [0, 0.1) is 0 Å². The summed E-state index contributed by atoms with van der Waals surface area (Å²) in [5, 5.41) is 5.64. The van der Waals surface area contributed by atoms with Gasteiger partial charge in [-0.15, -0.1) is 0 Å². The highest BCUT2D eigenvalue weighted by molar-refractivity contribution is 7.90. The highest BCUT2D eigenvalue weighted by Crippen LogP contribution is 2.42. The zero-order valence-corrected chi connectivity index (χ0v) is 23.9. The summed E-state index contributed by atoms with van der Waals surface area (Å²) in [5.74, 6) is -3.02. The van der Waals surface area contributed by atoms with Crippen molar-refractivity contribution in [1.29, 1.82) is 0 Å². The van der Waals surface area contributed by atoms with Gasteiger partial charge in [0.05, 0.1) is 11.6 Å². The first-order valence-corrected chi connectivity index (χ1v) is 15.3. The third kappa shape index (κ3) is 5.88. The average Bonchev–Trinajstić information content (AvgIpc) is 3.37. The maximum absolute atomic E-state index is 13.3. The van der Waals surface area contributed by atoms with Crippen LogP contribution in [0.2, 0.25) is 5.02 Å². The second-order valence-corrected chi connectivity index (χ2v) is 13.7. The number of hydrogen-bond acceptors (Lipinski definition) is 7. The predicted molar refractivity (Wildman–Crippen MR) is 145 cm³/mol. The number of pyridine rings is 1. The quantitative estimate of drug-likeness (QED) is 0.477. The average molecular weight is 597 g/mol. The first-order chi connectivity index (χ1) is 18.6. The number of nitrogens with zero attached hydrogens (tertiary/aromatic N) is 2. The van der Waals surface area contributed by atoms with Crippen LogP contribution >= 0.6 is 11.6 Å². The van der Waals surface area contributed by atoms with Crippen LogP contribution in [0.3, 0.4) is 0 Å². The lowest BCUT2D eigenvalue weighted by atomic mass is 9.96. The summed E-state index contributed by atoms with van der Waals surface area (Å²) in [6.07, 6.45) is 5.29. The van der Waals surface area contributed by atoms with Gasteiger partial charge < -0.3 is 20.3 Å². The van der Waals surface area contributed by atoms with E-state index in [-0.39, 0.29) is 51.7 Å². The summed E-state index contributed by atoms with van der Waals surface area (Å²) in [6.45, 7) is 3.16. The number of alkyl halides is 2. The number of anilines is 1. The maximum atomic E-state index is 13.3. The Labute approximate surface area is 236 Å². The SMILES string of the molecule is CC(C)(Oc1ccc(Cl)cc1S(C)(=O)=O)C(=O)N[C@H]1C[C@H]2CC[C@@H](C1)N2c1ccc(C(=O)NC2CC2(F)F)cn1. The van der Waals surface area contributed by atoms with E-state index in [4.69, 9.17) is 16.3 Å². The smallest absolute Gasteiger partial charge is 0.270 e. The molecule has 3 aliphatic rings. The Kier molecular flexibility index (Phi) is 7.23. The van der Waals surface area contributed by atoms with Gasteiger partial charge in [0.15, 0.2) is 15.4 Å². The van der Waals surface area contributed by atoms with Crippen molar-refractivity contribution >= 4 is 39.1 Å². The Morgan fingerprint density at radius 1 is 1.12 bits per heavy atom. The zero-order chi connectivity index (χ0) is 29.0. The number of nitrogens with one attached hydrogen (secondary N) is 2. The fourth-order valence-electron chi connectivity index (χ4n) is 5.49. The van der Waals surface area contributed by atoms with Gasteiger partial charge in [-0.3, -0.25) is 9.59 Å². The molecule has 4 atom stereocenters. The fourth-order valence-corrected chi connectivity index (χ4v) is 6.54. The van der Waals surface area contributed by atoms with Crippen LogP contribution < -0.4 is 20.3 Å². The molecule has 1 unspecified atom stereocenters. The third-order valence-corrected chi connectivity index (χ3v) is 9.04. The van der Waals surface area contributed by atoms with E-state index in [0.29, 0.717) is 18.7 Å². The number of rotatable bonds is 8. The normalized spacial score (nSPS) is 25.3. The number of fused-ring (bicyclic) bond motifs is 2. The summed E-state index contributed by atoms with van der Waals surface area (Å²) in [7, 11) is -3.64. The number of sulfone groups is 1. The van der Waals surface area contributed by atoms with Crippen molar-refractivity contribution in [2.24, 2.45) is 0 Å². The topological polar surface area (TPSA) is 118 Å². The Morgan fingerprint density at radius 3 is 2.33 bits per heavy atom. The largest absolute Gasteiger partial charge is 0.477 e. The van der Waals surface area contributed by atoms with Crippen molar-refractivity contribution in [1.82, 2.24) is 15.6 Å². The van der Waals surface area contributed by atoms with E-state index in [9.17, 15) is 26.8 Å². The molecule has 1 saturated carbocycles. The number of carbonyl (C=O) groups excluding carboxylic acids is 2.